The zero-order valence-corrected chi connectivity index (χ0v) is 22.3. The Morgan fingerprint density at radius 3 is 2.47 bits per heavy atom. The van der Waals surface area contributed by atoms with E-state index in [9.17, 15) is 24.0 Å². The maximum absolute atomic E-state index is 12.7. The molecule has 1 saturated heterocycles. The van der Waals surface area contributed by atoms with Gasteiger partial charge in [0.25, 0.3) is 5.91 Å². The summed E-state index contributed by atoms with van der Waals surface area (Å²) in [6.45, 7) is 1.28. The van der Waals surface area contributed by atoms with Crippen LogP contribution in [0.1, 0.15) is 44.9 Å². The minimum absolute atomic E-state index is 0.135. The molecule has 1 aliphatic rings. The van der Waals surface area contributed by atoms with E-state index in [1.165, 1.54) is 28.6 Å². The number of hydrogen-bond donors (Lipinski definition) is 2. The van der Waals surface area contributed by atoms with Crippen LogP contribution in [0.5, 0.6) is 0 Å². The SMILES string of the molecule is C=[S+]NC(=O)C[C@@H](C(=O)NCCCN(C)C)N(C)C(=O)CCCCCSC1CC(=O)N(C)C1=O. The lowest BCUT2D eigenvalue weighted by atomic mass is 10.1. The average molecular weight is 517 g/mol. The number of likely N-dealkylation sites (N-methyl/N-ethyl adjacent to an activating group) is 1. The normalized spacial score (nSPS) is 16.5. The number of unbranched alkanes of at least 4 members (excludes halogenated alkanes) is 2. The number of carbonyl (C=O) groups excluding carboxylic acids is 5. The first kappa shape index (κ1) is 30.0. The standard InChI is InChI=1S/C22H37N5O5S2/c1-25(2)12-9-11-23-21(31)16(14-18(28)24-33-5)26(3)19(29)10-7-6-8-13-34-17-15-20(30)27(4)22(17)32/h16-17H,5-15H2,1-4H3,(H-,23,24,28,31)/p+1/t16-,17?/m0/s1. The molecule has 0 aromatic carbocycles. The molecule has 12 heteroatoms. The van der Waals surface area contributed by atoms with Gasteiger partial charge in [-0.05, 0) is 45.7 Å². The summed E-state index contributed by atoms with van der Waals surface area (Å²) in [5, 5.41) is 2.52. The van der Waals surface area contributed by atoms with Gasteiger partial charge in [0.15, 0.2) is 5.87 Å². The Hall–Kier alpha value is -2.05. The third kappa shape index (κ3) is 10.5. The molecule has 1 rings (SSSR count). The molecule has 1 heterocycles. The summed E-state index contributed by atoms with van der Waals surface area (Å²) in [5.74, 6) is 3.04. The minimum atomic E-state index is -0.891. The summed E-state index contributed by atoms with van der Waals surface area (Å²) < 4.78 is 2.50. The van der Waals surface area contributed by atoms with Gasteiger partial charge in [-0.15, -0.1) is 16.5 Å². The number of hydrogen-bond acceptors (Lipinski definition) is 7. The first-order valence-corrected chi connectivity index (χ1v) is 13.4. The predicted octanol–water partition coefficient (Wildman–Crippen LogP) is -0.132. The van der Waals surface area contributed by atoms with Crippen molar-refractivity contribution in [1.29, 1.82) is 0 Å². The van der Waals surface area contributed by atoms with E-state index < -0.39 is 6.04 Å². The Kier molecular flexibility index (Phi) is 13.9. The van der Waals surface area contributed by atoms with E-state index in [1.54, 1.807) is 7.05 Å². The molecule has 2 N–H and O–H groups in total. The van der Waals surface area contributed by atoms with E-state index in [0.29, 0.717) is 13.0 Å². The van der Waals surface area contributed by atoms with Crippen molar-refractivity contribution in [1.82, 2.24) is 24.7 Å². The monoisotopic (exact) mass is 516 g/mol. The van der Waals surface area contributed by atoms with Gasteiger partial charge in [-0.3, -0.25) is 28.9 Å². The lowest BCUT2D eigenvalue weighted by Gasteiger charge is -2.26. The average Bonchev–Trinajstić information content (AvgIpc) is 3.03. The molecule has 1 fully saturated rings. The van der Waals surface area contributed by atoms with E-state index in [2.05, 4.69) is 15.9 Å². The van der Waals surface area contributed by atoms with Crippen LogP contribution in [0.25, 0.3) is 0 Å². The third-order valence-corrected chi connectivity index (χ3v) is 7.17. The van der Waals surface area contributed by atoms with Gasteiger partial charge < -0.3 is 15.1 Å². The summed E-state index contributed by atoms with van der Waals surface area (Å²) in [6.07, 6.45) is 3.39. The van der Waals surface area contributed by atoms with Crippen molar-refractivity contribution in [3.05, 3.63) is 0 Å². The van der Waals surface area contributed by atoms with E-state index >= 15 is 0 Å². The number of amides is 5. The Balaban J connectivity index is 2.45. The molecule has 1 aliphatic heterocycles. The maximum atomic E-state index is 12.7. The van der Waals surface area contributed by atoms with Gasteiger partial charge in [0.1, 0.15) is 6.04 Å². The molecule has 0 radical (unpaired) electrons. The Morgan fingerprint density at radius 2 is 1.88 bits per heavy atom. The Morgan fingerprint density at radius 1 is 1.18 bits per heavy atom. The van der Waals surface area contributed by atoms with Crippen LogP contribution in [-0.2, 0) is 35.5 Å². The van der Waals surface area contributed by atoms with Crippen molar-refractivity contribution < 1.29 is 24.0 Å². The smallest absolute Gasteiger partial charge is 0.320 e. The molecule has 10 nitrogen and oxygen atoms in total. The Bertz CT molecular complexity index is 749. The second-order valence-electron chi connectivity index (χ2n) is 8.51. The quantitative estimate of drug-likeness (QED) is 0.0964. The van der Waals surface area contributed by atoms with Crippen molar-refractivity contribution in [2.75, 3.05) is 47.0 Å². The van der Waals surface area contributed by atoms with Crippen LogP contribution >= 0.6 is 11.8 Å². The van der Waals surface area contributed by atoms with Gasteiger partial charge in [0, 0.05) is 33.5 Å². The lowest BCUT2D eigenvalue weighted by molar-refractivity contribution is -0.140. The maximum Gasteiger partial charge on any atom is 0.320 e. The highest BCUT2D eigenvalue weighted by Gasteiger charge is 2.36. The molecule has 34 heavy (non-hydrogen) atoms. The second kappa shape index (κ2) is 15.8. The molecule has 0 saturated carbocycles. The number of likely N-dealkylation sites (tertiary alicyclic amines) is 1. The van der Waals surface area contributed by atoms with E-state index in [-0.39, 0.29) is 54.0 Å². The molecule has 1 unspecified atom stereocenters. The van der Waals surface area contributed by atoms with Crippen molar-refractivity contribution in [3.8, 4) is 0 Å². The molecule has 192 valence electrons. The van der Waals surface area contributed by atoms with E-state index in [4.69, 9.17) is 0 Å². The van der Waals surface area contributed by atoms with Crippen LogP contribution in [0.15, 0.2) is 0 Å². The van der Waals surface area contributed by atoms with Crippen LogP contribution in [0, 0.1) is 0 Å². The summed E-state index contributed by atoms with van der Waals surface area (Å²) in [5.41, 5.74) is 0. The molecular weight excluding hydrogens is 478 g/mol. The van der Waals surface area contributed by atoms with Gasteiger partial charge in [-0.25, -0.2) is 0 Å². The molecule has 2 atom stereocenters. The van der Waals surface area contributed by atoms with Gasteiger partial charge >= 0.3 is 11.5 Å². The van der Waals surface area contributed by atoms with Crippen LogP contribution < -0.4 is 10.0 Å². The fraction of sp³-hybridized carbons (Fsp3) is 0.727. The highest BCUT2D eigenvalue weighted by atomic mass is 32.2. The first-order valence-electron chi connectivity index (χ1n) is 11.4. The summed E-state index contributed by atoms with van der Waals surface area (Å²) in [7, 11) is 6.95. The van der Waals surface area contributed by atoms with Gasteiger partial charge in [0.05, 0.1) is 11.7 Å². The van der Waals surface area contributed by atoms with Crippen LogP contribution in [-0.4, -0.2) is 108 Å². The molecule has 0 aliphatic carbocycles. The molecule has 0 bridgehead atoms. The largest absolute Gasteiger partial charge is 0.354 e. The molecule has 0 aromatic rings. The van der Waals surface area contributed by atoms with Gasteiger partial charge in [-0.2, -0.15) is 0 Å². The van der Waals surface area contributed by atoms with Crippen molar-refractivity contribution in [2.24, 2.45) is 0 Å². The summed E-state index contributed by atoms with van der Waals surface area (Å²) in [6, 6.07) is -0.891. The van der Waals surface area contributed by atoms with Gasteiger partial charge in [-0.1, -0.05) is 6.42 Å². The number of nitrogens with zero attached hydrogens (tertiary/aromatic N) is 3. The lowest BCUT2D eigenvalue weighted by Crippen LogP contribution is -2.50. The molecular formula is C22H38N5O5S2+. The number of nitrogens with one attached hydrogen (secondary N) is 2. The van der Waals surface area contributed by atoms with E-state index in [0.717, 1.165) is 43.1 Å². The van der Waals surface area contributed by atoms with Gasteiger partial charge in [0.2, 0.25) is 23.6 Å². The summed E-state index contributed by atoms with van der Waals surface area (Å²) in [4.78, 5) is 65.5. The van der Waals surface area contributed by atoms with Crippen molar-refractivity contribution >= 4 is 58.7 Å². The van der Waals surface area contributed by atoms with Crippen molar-refractivity contribution in [2.45, 2.75) is 56.2 Å². The topological polar surface area (TPSA) is 119 Å². The minimum Gasteiger partial charge on any atom is -0.354 e. The highest BCUT2D eigenvalue weighted by molar-refractivity contribution is 8.00. The third-order valence-electron chi connectivity index (χ3n) is 5.50. The van der Waals surface area contributed by atoms with Crippen molar-refractivity contribution in [3.63, 3.8) is 0 Å². The number of imide groups is 1. The number of carbonyl (C=O) groups is 5. The zero-order valence-electron chi connectivity index (χ0n) is 20.6. The highest BCUT2D eigenvalue weighted by Crippen LogP contribution is 2.25. The fourth-order valence-electron chi connectivity index (χ4n) is 3.41. The van der Waals surface area contributed by atoms with E-state index in [1.807, 2.05) is 19.0 Å². The van der Waals surface area contributed by atoms with Crippen LogP contribution in [0.3, 0.4) is 0 Å². The summed E-state index contributed by atoms with van der Waals surface area (Å²) >= 11 is 2.39. The molecule has 0 aromatic heterocycles. The van der Waals surface area contributed by atoms with Crippen LogP contribution in [0.2, 0.25) is 0 Å². The molecule has 5 amide bonds. The molecule has 0 spiro atoms. The first-order chi connectivity index (χ1) is 16.1. The Labute approximate surface area is 210 Å². The second-order valence-corrected chi connectivity index (χ2v) is 10.3. The number of rotatable bonds is 16. The zero-order chi connectivity index (χ0) is 25.7. The van der Waals surface area contributed by atoms with Crippen LogP contribution in [0.4, 0.5) is 0 Å². The fourth-order valence-corrected chi connectivity index (χ4v) is 4.87. The predicted molar refractivity (Wildman–Crippen MR) is 137 cm³/mol. The number of thioether (sulfide) groups is 1.